The van der Waals surface area contributed by atoms with Crippen LogP contribution in [0.1, 0.15) is 11.3 Å². The van der Waals surface area contributed by atoms with E-state index in [1.54, 1.807) is 30.3 Å². The Hall–Kier alpha value is -4.20. The summed E-state index contributed by atoms with van der Waals surface area (Å²) < 4.78 is 0. The van der Waals surface area contributed by atoms with Gasteiger partial charge in [-0.05, 0) is 60.7 Å². The van der Waals surface area contributed by atoms with E-state index in [9.17, 15) is 9.59 Å². The van der Waals surface area contributed by atoms with E-state index in [1.807, 2.05) is 54.7 Å². The number of rotatable bonds is 5. The number of para-hydroxylation sites is 1. The molecule has 35 heavy (non-hydrogen) atoms. The van der Waals surface area contributed by atoms with Crippen molar-refractivity contribution in [1.29, 1.82) is 0 Å². The first-order chi connectivity index (χ1) is 17.0. The molecule has 0 spiro atoms. The second-order valence-electron chi connectivity index (χ2n) is 7.78. The highest BCUT2D eigenvalue weighted by Gasteiger charge is 2.24. The Labute approximate surface area is 211 Å². The van der Waals surface area contributed by atoms with E-state index >= 15 is 0 Å². The lowest BCUT2D eigenvalue weighted by molar-refractivity contribution is -0.110. The third-order valence-corrected chi connectivity index (χ3v) is 5.96. The molecule has 3 amide bonds. The van der Waals surface area contributed by atoms with Gasteiger partial charge in [0.05, 0.1) is 27.0 Å². The molecule has 1 aliphatic heterocycles. The van der Waals surface area contributed by atoms with Crippen LogP contribution in [-0.2, 0) is 4.79 Å². The van der Waals surface area contributed by atoms with Crippen LogP contribution in [0.4, 0.5) is 33.2 Å². The SMILES string of the molecule is O=C(Nc1cccc(Nc2ccc3c(c2)NC(=O)C3=Cc2ccc[nH]2)c1)Nc1c(Cl)cccc1Cl. The standard InChI is InChI=1S/C26H19Cl2N5O2/c27-21-7-2-8-22(28)24(21)33-26(35)31-17-5-1-4-16(12-17)30-18-9-10-19-20(13-15-6-3-11-29-15)25(34)32-23(19)14-18/h1-14,29-30H,(H,32,34)(H2,31,33,35). The second kappa shape index (κ2) is 9.58. The quantitative estimate of drug-likeness (QED) is 0.186. The number of nitrogens with one attached hydrogen (secondary N) is 5. The molecule has 0 saturated carbocycles. The molecule has 5 N–H and O–H groups in total. The van der Waals surface area contributed by atoms with Crippen molar-refractivity contribution >= 4 is 75.2 Å². The van der Waals surface area contributed by atoms with Crippen LogP contribution >= 0.6 is 23.2 Å². The second-order valence-corrected chi connectivity index (χ2v) is 8.59. The molecular weight excluding hydrogens is 485 g/mol. The zero-order chi connectivity index (χ0) is 24.4. The van der Waals surface area contributed by atoms with Gasteiger partial charge in [0.2, 0.25) is 0 Å². The largest absolute Gasteiger partial charge is 0.362 e. The van der Waals surface area contributed by atoms with Crippen LogP contribution in [0, 0.1) is 0 Å². The molecule has 7 nitrogen and oxygen atoms in total. The van der Waals surface area contributed by atoms with Crippen molar-refractivity contribution in [2.45, 2.75) is 0 Å². The van der Waals surface area contributed by atoms with Gasteiger partial charge in [0, 0.05) is 34.5 Å². The number of aromatic amines is 1. The number of H-pyrrole nitrogens is 1. The van der Waals surface area contributed by atoms with Crippen molar-refractivity contribution in [3.05, 3.63) is 100 Å². The van der Waals surface area contributed by atoms with Crippen LogP contribution < -0.4 is 21.3 Å². The minimum Gasteiger partial charge on any atom is -0.362 e. The third-order valence-electron chi connectivity index (χ3n) is 5.33. The predicted octanol–water partition coefficient (Wildman–Crippen LogP) is 7.20. The lowest BCUT2D eigenvalue weighted by atomic mass is 10.1. The van der Waals surface area contributed by atoms with Crippen LogP contribution in [0.2, 0.25) is 10.0 Å². The van der Waals surface area contributed by atoms with Crippen LogP contribution in [-0.4, -0.2) is 16.9 Å². The highest BCUT2D eigenvalue weighted by atomic mass is 35.5. The number of hydrogen-bond acceptors (Lipinski definition) is 3. The molecule has 0 radical (unpaired) electrons. The molecule has 4 aromatic rings. The lowest BCUT2D eigenvalue weighted by Crippen LogP contribution is -2.19. The van der Waals surface area contributed by atoms with Crippen molar-refractivity contribution in [2.75, 3.05) is 21.3 Å². The number of carbonyl (C=O) groups is 2. The summed E-state index contributed by atoms with van der Waals surface area (Å²) in [6, 6.07) is 21.2. The van der Waals surface area contributed by atoms with Crippen molar-refractivity contribution < 1.29 is 9.59 Å². The molecule has 2 heterocycles. The monoisotopic (exact) mass is 503 g/mol. The lowest BCUT2D eigenvalue weighted by Gasteiger charge is -2.12. The summed E-state index contributed by atoms with van der Waals surface area (Å²) in [6.07, 6.45) is 3.63. The van der Waals surface area contributed by atoms with Crippen LogP contribution in [0.5, 0.6) is 0 Å². The Morgan fingerprint density at radius 1 is 0.829 bits per heavy atom. The van der Waals surface area contributed by atoms with Gasteiger partial charge in [0.15, 0.2) is 0 Å². The maximum absolute atomic E-state index is 12.5. The summed E-state index contributed by atoms with van der Waals surface area (Å²) in [5.41, 5.74) is 5.47. The Balaban J connectivity index is 1.29. The first-order valence-electron chi connectivity index (χ1n) is 10.7. The number of urea groups is 1. The summed E-state index contributed by atoms with van der Waals surface area (Å²) in [4.78, 5) is 28.0. The number of aromatic nitrogens is 1. The summed E-state index contributed by atoms with van der Waals surface area (Å²) in [5, 5.41) is 12.3. The molecular formula is C26H19Cl2N5O2. The average Bonchev–Trinajstić information content (AvgIpc) is 3.44. The number of carbonyl (C=O) groups excluding carboxylic acids is 2. The minimum absolute atomic E-state index is 0.150. The Morgan fingerprint density at radius 2 is 1.57 bits per heavy atom. The Bertz CT molecular complexity index is 1440. The number of fused-ring (bicyclic) bond motifs is 1. The number of hydrogen-bond donors (Lipinski definition) is 5. The Morgan fingerprint density at radius 3 is 2.34 bits per heavy atom. The summed E-state index contributed by atoms with van der Waals surface area (Å²) in [7, 11) is 0. The maximum Gasteiger partial charge on any atom is 0.323 e. The van der Waals surface area contributed by atoms with Gasteiger partial charge >= 0.3 is 6.03 Å². The fourth-order valence-electron chi connectivity index (χ4n) is 3.74. The normalized spacial score (nSPS) is 13.3. The molecule has 9 heteroatoms. The zero-order valence-corrected chi connectivity index (χ0v) is 19.7. The molecule has 0 fully saturated rings. The number of benzene rings is 3. The van der Waals surface area contributed by atoms with Crippen molar-refractivity contribution in [2.24, 2.45) is 0 Å². The van der Waals surface area contributed by atoms with E-state index in [2.05, 4.69) is 26.3 Å². The molecule has 0 saturated heterocycles. The van der Waals surface area contributed by atoms with Crippen LogP contribution in [0.25, 0.3) is 11.6 Å². The zero-order valence-electron chi connectivity index (χ0n) is 18.2. The molecule has 0 unspecified atom stereocenters. The van der Waals surface area contributed by atoms with E-state index in [0.717, 1.165) is 28.3 Å². The van der Waals surface area contributed by atoms with Gasteiger partial charge in [-0.25, -0.2) is 4.79 Å². The van der Waals surface area contributed by atoms with Gasteiger partial charge < -0.3 is 26.3 Å². The number of halogens is 2. The highest BCUT2D eigenvalue weighted by Crippen LogP contribution is 2.36. The van der Waals surface area contributed by atoms with E-state index < -0.39 is 6.03 Å². The van der Waals surface area contributed by atoms with E-state index in [1.165, 1.54) is 0 Å². The Kier molecular flexibility index (Phi) is 6.18. The van der Waals surface area contributed by atoms with Crippen molar-refractivity contribution in [1.82, 2.24) is 4.98 Å². The molecule has 5 rings (SSSR count). The summed E-state index contributed by atoms with van der Waals surface area (Å²) in [5.74, 6) is -0.150. The maximum atomic E-state index is 12.5. The number of amides is 3. The molecule has 0 atom stereocenters. The summed E-state index contributed by atoms with van der Waals surface area (Å²) in [6.45, 7) is 0. The minimum atomic E-state index is -0.473. The fourth-order valence-corrected chi connectivity index (χ4v) is 4.23. The fraction of sp³-hybridized carbons (Fsp3) is 0. The summed E-state index contributed by atoms with van der Waals surface area (Å²) >= 11 is 12.2. The van der Waals surface area contributed by atoms with Gasteiger partial charge in [-0.3, -0.25) is 4.79 Å². The smallest absolute Gasteiger partial charge is 0.323 e. The highest BCUT2D eigenvalue weighted by molar-refractivity contribution is 6.40. The van der Waals surface area contributed by atoms with Gasteiger partial charge in [-0.2, -0.15) is 0 Å². The molecule has 0 bridgehead atoms. The van der Waals surface area contributed by atoms with E-state index in [0.29, 0.717) is 27.0 Å². The average molecular weight is 504 g/mol. The number of anilines is 5. The molecule has 1 aromatic heterocycles. The van der Waals surface area contributed by atoms with Gasteiger partial charge in [0.1, 0.15) is 0 Å². The van der Waals surface area contributed by atoms with E-state index in [-0.39, 0.29) is 5.91 Å². The first kappa shape index (κ1) is 22.6. The molecule has 3 aromatic carbocycles. The van der Waals surface area contributed by atoms with Gasteiger partial charge in [0.25, 0.3) is 5.91 Å². The molecule has 0 aliphatic carbocycles. The molecule has 174 valence electrons. The molecule has 1 aliphatic rings. The van der Waals surface area contributed by atoms with Crippen molar-refractivity contribution in [3.63, 3.8) is 0 Å². The van der Waals surface area contributed by atoms with Gasteiger partial charge in [-0.1, -0.05) is 41.4 Å². The third kappa shape index (κ3) is 5.01. The predicted molar refractivity (Wildman–Crippen MR) is 143 cm³/mol. The van der Waals surface area contributed by atoms with Crippen molar-refractivity contribution in [3.8, 4) is 0 Å². The van der Waals surface area contributed by atoms with Gasteiger partial charge in [-0.15, -0.1) is 0 Å². The van der Waals surface area contributed by atoms with Crippen LogP contribution in [0.15, 0.2) is 79.0 Å². The topological polar surface area (TPSA) is 98.1 Å². The van der Waals surface area contributed by atoms with Crippen LogP contribution in [0.3, 0.4) is 0 Å². The first-order valence-corrected chi connectivity index (χ1v) is 11.4. The van der Waals surface area contributed by atoms with E-state index in [4.69, 9.17) is 23.2 Å².